The number of nitrogens with one attached hydrogen (secondary N) is 2. The number of carbonyl (C=O) groups excluding carboxylic acids is 1. The fourth-order valence-electron chi connectivity index (χ4n) is 2.56. The van der Waals surface area contributed by atoms with E-state index in [4.69, 9.17) is 11.6 Å². The van der Waals surface area contributed by atoms with E-state index in [-0.39, 0.29) is 12.6 Å². The Morgan fingerprint density at radius 2 is 1.95 bits per heavy atom. The summed E-state index contributed by atoms with van der Waals surface area (Å²) >= 11 is 5.78. The Bertz CT molecular complexity index is 422. The van der Waals surface area contributed by atoms with Crippen LogP contribution in [-0.4, -0.2) is 24.3 Å². The maximum atomic E-state index is 11.7. The molecule has 2 amide bonds. The summed E-state index contributed by atoms with van der Waals surface area (Å²) in [5.74, 6) is 0.719. The Balaban J connectivity index is 1.77. The van der Waals surface area contributed by atoms with Crippen LogP contribution in [0.5, 0.6) is 0 Å². The number of anilines is 1. The van der Waals surface area contributed by atoms with E-state index in [2.05, 4.69) is 10.6 Å². The average molecular weight is 283 g/mol. The van der Waals surface area contributed by atoms with Crippen LogP contribution < -0.4 is 10.6 Å². The zero-order chi connectivity index (χ0) is 13.7. The first-order valence-corrected chi connectivity index (χ1v) is 6.98. The Morgan fingerprint density at radius 1 is 1.26 bits per heavy atom. The van der Waals surface area contributed by atoms with Gasteiger partial charge in [0.15, 0.2) is 0 Å². The molecule has 1 aliphatic rings. The number of hydrogen-bond acceptors (Lipinski definition) is 2. The van der Waals surface area contributed by atoms with Gasteiger partial charge in [-0.15, -0.1) is 0 Å². The average Bonchev–Trinajstić information content (AvgIpc) is 2.86. The van der Waals surface area contributed by atoms with Crippen molar-refractivity contribution in [2.24, 2.45) is 11.8 Å². The van der Waals surface area contributed by atoms with Gasteiger partial charge in [0.2, 0.25) is 0 Å². The van der Waals surface area contributed by atoms with Gasteiger partial charge >= 0.3 is 6.03 Å². The number of amides is 2. The highest BCUT2D eigenvalue weighted by Crippen LogP contribution is 2.30. The second-order valence-corrected chi connectivity index (χ2v) is 5.41. The SMILES string of the molecule is O=C(NCC1CCCC1CO)Nc1ccc(Cl)cc1. The van der Waals surface area contributed by atoms with E-state index in [9.17, 15) is 9.90 Å². The number of urea groups is 1. The minimum absolute atomic E-state index is 0.213. The molecule has 5 heteroatoms. The normalized spacial score (nSPS) is 22.2. The number of carbonyl (C=O) groups is 1. The molecule has 2 unspecified atom stereocenters. The molecule has 2 atom stereocenters. The summed E-state index contributed by atoms with van der Waals surface area (Å²) in [4.78, 5) is 11.7. The van der Waals surface area contributed by atoms with Gasteiger partial charge in [-0.2, -0.15) is 0 Å². The topological polar surface area (TPSA) is 61.4 Å². The third-order valence-electron chi connectivity index (χ3n) is 3.68. The highest BCUT2D eigenvalue weighted by Gasteiger charge is 2.26. The molecule has 1 aromatic rings. The second-order valence-electron chi connectivity index (χ2n) is 4.98. The van der Waals surface area contributed by atoms with Gasteiger partial charge < -0.3 is 15.7 Å². The Kier molecular flexibility index (Phi) is 5.05. The van der Waals surface area contributed by atoms with E-state index in [1.807, 2.05) is 0 Å². The highest BCUT2D eigenvalue weighted by molar-refractivity contribution is 6.30. The Labute approximate surface area is 118 Å². The monoisotopic (exact) mass is 282 g/mol. The molecule has 1 saturated carbocycles. The molecule has 0 saturated heterocycles. The molecule has 104 valence electrons. The summed E-state index contributed by atoms with van der Waals surface area (Å²) in [7, 11) is 0. The number of halogens is 1. The van der Waals surface area contributed by atoms with Crippen LogP contribution in [0.3, 0.4) is 0 Å². The van der Waals surface area contributed by atoms with Crippen molar-refractivity contribution < 1.29 is 9.90 Å². The van der Waals surface area contributed by atoms with Gasteiger partial charge in [0.1, 0.15) is 0 Å². The Morgan fingerprint density at radius 3 is 2.63 bits per heavy atom. The third-order valence-corrected chi connectivity index (χ3v) is 3.93. The fraction of sp³-hybridized carbons (Fsp3) is 0.500. The summed E-state index contributed by atoms with van der Waals surface area (Å²) in [5.41, 5.74) is 0.715. The summed E-state index contributed by atoms with van der Waals surface area (Å²) in [6.45, 7) is 0.829. The van der Waals surface area contributed by atoms with E-state index in [1.54, 1.807) is 24.3 Å². The molecule has 0 radical (unpaired) electrons. The lowest BCUT2D eigenvalue weighted by atomic mass is 9.97. The van der Waals surface area contributed by atoms with E-state index in [0.717, 1.165) is 19.3 Å². The van der Waals surface area contributed by atoms with Crippen molar-refractivity contribution in [3.8, 4) is 0 Å². The minimum atomic E-state index is -0.217. The lowest BCUT2D eigenvalue weighted by Gasteiger charge is -2.18. The van der Waals surface area contributed by atoms with Crippen molar-refractivity contribution in [2.45, 2.75) is 19.3 Å². The maximum absolute atomic E-state index is 11.7. The van der Waals surface area contributed by atoms with Crippen LogP contribution in [0.4, 0.5) is 10.5 Å². The first-order valence-electron chi connectivity index (χ1n) is 6.60. The molecule has 1 fully saturated rings. The van der Waals surface area contributed by atoms with E-state index >= 15 is 0 Å². The molecule has 0 bridgehead atoms. The third kappa shape index (κ3) is 4.11. The van der Waals surface area contributed by atoms with E-state index in [1.165, 1.54) is 0 Å². The highest BCUT2D eigenvalue weighted by atomic mass is 35.5. The summed E-state index contributed by atoms with van der Waals surface area (Å²) < 4.78 is 0. The van der Waals surface area contributed by atoms with Gasteiger partial charge in [-0.25, -0.2) is 4.79 Å². The standard InChI is InChI=1S/C14H19ClN2O2/c15-12-4-6-13(7-5-12)17-14(19)16-8-10-2-1-3-11(10)9-18/h4-7,10-11,18H,1-3,8-9H2,(H2,16,17,19). The Hall–Kier alpha value is -1.26. The van der Waals surface area contributed by atoms with Crippen molar-refractivity contribution in [3.63, 3.8) is 0 Å². The van der Waals surface area contributed by atoms with Crippen LogP contribution in [0.2, 0.25) is 5.02 Å². The lowest BCUT2D eigenvalue weighted by molar-refractivity contribution is 0.192. The van der Waals surface area contributed by atoms with Crippen molar-refractivity contribution >= 4 is 23.3 Å². The molecule has 1 aliphatic carbocycles. The molecular weight excluding hydrogens is 264 g/mol. The maximum Gasteiger partial charge on any atom is 0.319 e. The van der Waals surface area contributed by atoms with Crippen molar-refractivity contribution in [1.29, 1.82) is 0 Å². The largest absolute Gasteiger partial charge is 0.396 e. The molecule has 0 aromatic heterocycles. The van der Waals surface area contributed by atoms with Crippen molar-refractivity contribution in [2.75, 3.05) is 18.5 Å². The first-order chi connectivity index (χ1) is 9.19. The quantitative estimate of drug-likeness (QED) is 0.795. The predicted octanol–water partition coefficient (Wildman–Crippen LogP) is 2.87. The molecule has 0 spiro atoms. The number of hydrogen-bond donors (Lipinski definition) is 3. The number of benzene rings is 1. The molecular formula is C14H19ClN2O2. The van der Waals surface area contributed by atoms with Gasteiger partial charge in [0.05, 0.1) is 0 Å². The predicted molar refractivity (Wildman–Crippen MR) is 76.4 cm³/mol. The van der Waals surface area contributed by atoms with Crippen molar-refractivity contribution in [3.05, 3.63) is 29.3 Å². The number of aliphatic hydroxyl groups excluding tert-OH is 1. The van der Waals surface area contributed by atoms with Gasteiger partial charge in [-0.05, 0) is 48.9 Å². The lowest BCUT2D eigenvalue weighted by Crippen LogP contribution is -2.34. The summed E-state index contributed by atoms with van der Waals surface area (Å²) in [6, 6.07) is 6.76. The number of aliphatic hydroxyl groups is 1. The van der Waals surface area contributed by atoms with Crippen molar-refractivity contribution in [1.82, 2.24) is 5.32 Å². The van der Waals surface area contributed by atoms with Crippen LogP contribution in [0.25, 0.3) is 0 Å². The molecule has 0 aliphatic heterocycles. The molecule has 0 heterocycles. The van der Waals surface area contributed by atoms with E-state index in [0.29, 0.717) is 29.1 Å². The zero-order valence-corrected chi connectivity index (χ0v) is 11.5. The summed E-state index contributed by atoms with van der Waals surface area (Å²) in [6.07, 6.45) is 3.27. The van der Waals surface area contributed by atoms with Gasteiger partial charge in [0, 0.05) is 23.9 Å². The fourth-order valence-corrected chi connectivity index (χ4v) is 2.68. The zero-order valence-electron chi connectivity index (χ0n) is 10.7. The molecule has 4 nitrogen and oxygen atoms in total. The van der Waals surface area contributed by atoms with Gasteiger partial charge in [-0.1, -0.05) is 18.0 Å². The molecule has 3 N–H and O–H groups in total. The second kappa shape index (κ2) is 6.78. The van der Waals surface area contributed by atoms with Crippen LogP contribution in [0.15, 0.2) is 24.3 Å². The van der Waals surface area contributed by atoms with Crippen LogP contribution in [-0.2, 0) is 0 Å². The van der Waals surface area contributed by atoms with Crippen LogP contribution in [0, 0.1) is 11.8 Å². The van der Waals surface area contributed by atoms with E-state index < -0.39 is 0 Å². The van der Waals surface area contributed by atoms with Gasteiger partial charge in [-0.3, -0.25) is 0 Å². The number of rotatable bonds is 4. The summed E-state index contributed by atoms with van der Waals surface area (Å²) in [5, 5.41) is 15.5. The smallest absolute Gasteiger partial charge is 0.319 e. The first kappa shape index (κ1) is 14.2. The van der Waals surface area contributed by atoms with Crippen LogP contribution in [0.1, 0.15) is 19.3 Å². The molecule has 2 rings (SSSR count). The molecule has 1 aromatic carbocycles. The van der Waals surface area contributed by atoms with Gasteiger partial charge in [0.25, 0.3) is 0 Å². The minimum Gasteiger partial charge on any atom is -0.396 e. The van der Waals surface area contributed by atoms with Crippen LogP contribution >= 0.6 is 11.6 Å². The molecule has 19 heavy (non-hydrogen) atoms.